The van der Waals surface area contributed by atoms with Gasteiger partial charge in [0.25, 0.3) is 0 Å². The molecule has 0 amide bonds. The van der Waals surface area contributed by atoms with Crippen LogP contribution in [0, 0.1) is 0 Å². The van der Waals surface area contributed by atoms with Gasteiger partial charge in [-0.15, -0.1) is 0 Å². The van der Waals surface area contributed by atoms with E-state index in [9.17, 15) is 5.11 Å². The molecule has 1 N–H and O–H groups in total. The minimum Gasteiger partial charge on any atom is -0.366 e. The van der Waals surface area contributed by atoms with Crippen LogP contribution in [0.25, 0.3) is 0 Å². The molecule has 4 atom stereocenters. The molecule has 0 spiro atoms. The van der Waals surface area contributed by atoms with Crippen LogP contribution in [-0.4, -0.2) is 29.2 Å². The van der Waals surface area contributed by atoms with Crippen LogP contribution in [0.2, 0.25) is 0 Å². The first-order valence-corrected chi connectivity index (χ1v) is 4.69. The van der Waals surface area contributed by atoms with Crippen molar-refractivity contribution in [3.8, 4) is 0 Å². The first kappa shape index (κ1) is 8.48. The van der Waals surface area contributed by atoms with E-state index in [1.54, 1.807) is 0 Å². The lowest BCUT2D eigenvalue weighted by Gasteiger charge is -2.40. The third-order valence-electron chi connectivity index (χ3n) is 3.24. The predicted octanol–water partition coefficient (Wildman–Crippen LogP) is 1.05. The molecule has 0 aliphatic carbocycles. The van der Waals surface area contributed by atoms with Crippen LogP contribution in [0.5, 0.6) is 0 Å². The summed E-state index contributed by atoms with van der Waals surface area (Å²) in [6.07, 6.45) is 2.16. The standard InChI is InChI=1S/C9H16O3/c1-3-9-5-4-7(12-9)8(10)11-6(9)2/h6-8,10H,3-5H2,1-2H3/t6-,7-,8?,9+/m1/s1. The SMILES string of the molecule is CC[C@@]12CC[C@@H](O1)C(O)O[C@@H]2C. The molecule has 0 aromatic rings. The minimum atomic E-state index is -0.706. The van der Waals surface area contributed by atoms with Crippen molar-refractivity contribution in [3.05, 3.63) is 0 Å². The highest BCUT2D eigenvalue weighted by atomic mass is 16.7. The molecule has 2 heterocycles. The molecule has 2 rings (SSSR count). The highest BCUT2D eigenvalue weighted by Crippen LogP contribution is 2.42. The molecule has 2 fully saturated rings. The third kappa shape index (κ3) is 1.00. The summed E-state index contributed by atoms with van der Waals surface area (Å²) >= 11 is 0. The highest BCUT2D eigenvalue weighted by Gasteiger charge is 2.51. The number of hydrogen-bond acceptors (Lipinski definition) is 3. The predicted molar refractivity (Wildman–Crippen MR) is 43.7 cm³/mol. The molecule has 2 bridgehead atoms. The molecular formula is C9H16O3. The molecule has 0 radical (unpaired) electrons. The average molecular weight is 172 g/mol. The van der Waals surface area contributed by atoms with Crippen molar-refractivity contribution in [2.45, 2.75) is 57.2 Å². The van der Waals surface area contributed by atoms with Crippen molar-refractivity contribution in [1.82, 2.24) is 0 Å². The Hall–Kier alpha value is -0.120. The second-order valence-electron chi connectivity index (χ2n) is 3.78. The fourth-order valence-electron chi connectivity index (χ4n) is 2.27. The summed E-state index contributed by atoms with van der Waals surface area (Å²) in [5, 5.41) is 9.43. The number of fused-ring (bicyclic) bond motifs is 2. The Morgan fingerprint density at radius 3 is 3.00 bits per heavy atom. The lowest BCUT2D eigenvalue weighted by Crippen LogP contribution is -2.50. The van der Waals surface area contributed by atoms with Gasteiger partial charge in [0.2, 0.25) is 0 Å². The number of hydrogen-bond donors (Lipinski definition) is 1. The minimum absolute atomic E-state index is 0.0243. The van der Waals surface area contributed by atoms with Crippen LogP contribution in [0.3, 0.4) is 0 Å². The summed E-state index contributed by atoms with van der Waals surface area (Å²) < 4.78 is 11.2. The maximum Gasteiger partial charge on any atom is 0.181 e. The van der Waals surface area contributed by atoms with Gasteiger partial charge in [0.1, 0.15) is 6.10 Å². The summed E-state index contributed by atoms with van der Waals surface area (Å²) in [6.45, 7) is 4.09. The molecule has 3 nitrogen and oxygen atoms in total. The van der Waals surface area contributed by atoms with E-state index in [2.05, 4.69) is 6.92 Å². The van der Waals surface area contributed by atoms with Crippen molar-refractivity contribution in [3.63, 3.8) is 0 Å². The zero-order valence-electron chi connectivity index (χ0n) is 7.62. The van der Waals surface area contributed by atoms with Gasteiger partial charge in [0.05, 0.1) is 11.7 Å². The molecule has 1 unspecified atom stereocenters. The first-order valence-electron chi connectivity index (χ1n) is 4.69. The second-order valence-corrected chi connectivity index (χ2v) is 3.78. The van der Waals surface area contributed by atoms with E-state index in [-0.39, 0.29) is 17.8 Å². The van der Waals surface area contributed by atoms with E-state index >= 15 is 0 Å². The van der Waals surface area contributed by atoms with Crippen molar-refractivity contribution >= 4 is 0 Å². The second kappa shape index (κ2) is 2.69. The van der Waals surface area contributed by atoms with Gasteiger partial charge in [0, 0.05) is 0 Å². The van der Waals surface area contributed by atoms with Gasteiger partial charge in [-0.2, -0.15) is 0 Å². The molecule has 0 saturated carbocycles. The zero-order valence-corrected chi connectivity index (χ0v) is 7.62. The van der Waals surface area contributed by atoms with E-state index in [0.29, 0.717) is 0 Å². The molecule has 2 aliphatic heterocycles. The molecule has 3 heteroatoms. The fraction of sp³-hybridized carbons (Fsp3) is 1.00. The topological polar surface area (TPSA) is 38.7 Å². The van der Waals surface area contributed by atoms with Crippen LogP contribution >= 0.6 is 0 Å². The molecule has 2 saturated heterocycles. The van der Waals surface area contributed by atoms with Crippen molar-refractivity contribution < 1.29 is 14.6 Å². The molecule has 70 valence electrons. The molecule has 2 aliphatic rings. The summed E-state index contributed by atoms with van der Waals surface area (Å²) in [4.78, 5) is 0. The van der Waals surface area contributed by atoms with Crippen LogP contribution in [-0.2, 0) is 9.47 Å². The van der Waals surface area contributed by atoms with Crippen LogP contribution < -0.4 is 0 Å². The fourth-order valence-corrected chi connectivity index (χ4v) is 2.27. The average Bonchev–Trinajstić information content (AvgIpc) is 2.44. The van der Waals surface area contributed by atoms with E-state index in [1.165, 1.54) is 0 Å². The number of rotatable bonds is 1. The maximum atomic E-state index is 9.43. The smallest absolute Gasteiger partial charge is 0.181 e. The van der Waals surface area contributed by atoms with E-state index < -0.39 is 6.29 Å². The Bertz CT molecular complexity index is 183. The van der Waals surface area contributed by atoms with Crippen molar-refractivity contribution in [2.24, 2.45) is 0 Å². The van der Waals surface area contributed by atoms with Gasteiger partial charge in [0.15, 0.2) is 6.29 Å². The Balaban J connectivity index is 2.18. The Labute approximate surface area is 72.7 Å². The van der Waals surface area contributed by atoms with Crippen molar-refractivity contribution in [1.29, 1.82) is 0 Å². The number of aliphatic hydroxyl groups excluding tert-OH is 1. The van der Waals surface area contributed by atoms with Gasteiger partial charge in [-0.3, -0.25) is 0 Å². The van der Waals surface area contributed by atoms with Gasteiger partial charge in [-0.05, 0) is 26.2 Å². The zero-order chi connectivity index (χ0) is 8.77. The van der Waals surface area contributed by atoms with Crippen LogP contribution in [0.4, 0.5) is 0 Å². The van der Waals surface area contributed by atoms with E-state index in [4.69, 9.17) is 9.47 Å². The Morgan fingerprint density at radius 2 is 2.33 bits per heavy atom. The molecule has 0 aromatic carbocycles. The Kier molecular flexibility index (Phi) is 1.90. The Morgan fingerprint density at radius 1 is 1.58 bits per heavy atom. The van der Waals surface area contributed by atoms with Gasteiger partial charge in [-0.25, -0.2) is 0 Å². The lowest BCUT2D eigenvalue weighted by molar-refractivity contribution is -0.290. The summed E-state index contributed by atoms with van der Waals surface area (Å²) in [5.41, 5.74) is -0.107. The van der Waals surface area contributed by atoms with E-state index in [0.717, 1.165) is 19.3 Å². The lowest BCUT2D eigenvalue weighted by atomic mass is 9.91. The number of aliphatic hydroxyl groups is 1. The molecule has 12 heavy (non-hydrogen) atoms. The summed E-state index contributed by atoms with van der Waals surface area (Å²) in [5.74, 6) is 0. The van der Waals surface area contributed by atoms with Gasteiger partial charge < -0.3 is 14.6 Å². The van der Waals surface area contributed by atoms with E-state index in [1.807, 2.05) is 6.92 Å². The monoisotopic (exact) mass is 172 g/mol. The normalized spacial score (nSPS) is 52.8. The largest absolute Gasteiger partial charge is 0.366 e. The highest BCUT2D eigenvalue weighted by molar-refractivity contribution is 4.97. The molecule has 0 aromatic heterocycles. The van der Waals surface area contributed by atoms with Gasteiger partial charge in [-0.1, -0.05) is 6.92 Å². The van der Waals surface area contributed by atoms with Crippen molar-refractivity contribution in [2.75, 3.05) is 0 Å². The first-order chi connectivity index (χ1) is 5.68. The quantitative estimate of drug-likeness (QED) is 0.642. The summed E-state index contributed by atoms with van der Waals surface area (Å²) in [7, 11) is 0. The maximum absolute atomic E-state index is 9.43. The third-order valence-corrected chi connectivity index (χ3v) is 3.24. The summed E-state index contributed by atoms with van der Waals surface area (Å²) in [6, 6.07) is 0. The number of ether oxygens (including phenoxy) is 2. The van der Waals surface area contributed by atoms with Crippen LogP contribution in [0.15, 0.2) is 0 Å². The van der Waals surface area contributed by atoms with Gasteiger partial charge >= 0.3 is 0 Å². The van der Waals surface area contributed by atoms with Crippen LogP contribution in [0.1, 0.15) is 33.1 Å². The molecular weight excluding hydrogens is 156 g/mol.